The van der Waals surface area contributed by atoms with E-state index in [0.717, 1.165) is 13.0 Å². The highest BCUT2D eigenvalue weighted by molar-refractivity contribution is 5.02. The van der Waals surface area contributed by atoms with Gasteiger partial charge in [-0.3, -0.25) is 4.90 Å². The second-order valence-electron chi connectivity index (χ2n) is 5.91. The summed E-state index contributed by atoms with van der Waals surface area (Å²) in [6.07, 6.45) is 3.61. The lowest BCUT2D eigenvalue weighted by Gasteiger charge is -2.44. The largest absolute Gasteiger partial charge is 0.392 e. The van der Waals surface area contributed by atoms with Crippen molar-refractivity contribution in [1.29, 1.82) is 0 Å². The van der Waals surface area contributed by atoms with E-state index in [4.69, 9.17) is 0 Å². The van der Waals surface area contributed by atoms with E-state index >= 15 is 0 Å². The minimum Gasteiger partial charge on any atom is -0.392 e. The van der Waals surface area contributed by atoms with Gasteiger partial charge in [0.1, 0.15) is 0 Å². The second-order valence-corrected chi connectivity index (χ2v) is 5.91. The summed E-state index contributed by atoms with van der Waals surface area (Å²) in [7, 11) is 0. The van der Waals surface area contributed by atoms with Gasteiger partial charge in [0.05, 0.1) is 6.10 Å². The van der Waals surface area contributed by atoms with Gasteiger partial charge >= 0.3 is 0 Å². The second kappa shape index (κ2) is 2.71. The number of aliphatic hydroxyl groups excluding tert-OH is 1. The summed E-state index contributed by atoms with van der Waals surface area (Å²) in [5.74, 6) is 0. The third-order valence-corrected chi connectivity index (χ3v) is 3.53. The van der Waals surface area contributed by atoms with Crippen molar-refractivity contribution in [3.05, 3.63) is 0 Å². The fourth-order valence-electron chi connectivity index (χ4n) is 2.40. The molecule has 0 aromatic heterocycles. The van der Waals surface area contributed by atoms with Crippen molar-refractivity contribution < 1.29 is 5.11 Å². The first-order valence-corrected chi connectivity index (χ1v) is 5.34. The molecule has 2 nitrogen and oxygen atoms in total. The van der Waals surface area contributed by atoms with Gasteiger partial charge < -0.3 is 5.11 Å². The molecular formula is C11H21NO. The minimum absolute atomic E-state index is 0.0875. The van der Waals surface area contributed by atoms with Crippen LogP contribution in [0, 0.1) is 5.41 Å². The van der Waals surface area contributed by atoms with E-state index in [-0.39, 0.29) is 11.6 Å². The molecule has 2 rings (SSSR count). The SMILES string of the molecule is CC(C)(C)N1C[C@@H](O)CC2(CC2)C1. The number of aliphatic hydroxyl groups is 1. The Morgan fingerprint density at radius 3 is 2.38 bits per heavy atom. The first-order valence-electron chi connectivity index (χ1n) is 5.34. The maximum absolute atomic E-state index is 9.78. The predicted molar refractivity (Wildman–Crippen MR) is 53.6 cm³/mol. The fraction of sp³-hybridized carbons (Fsp3) is 1.00. The first kappa shape index (κ1) is 9.47. The van der Waals surface area contributed by atoms with Crippen LogP contribution in [0.5, 0.6) is 0 Å². The molecule has 1 spiro atoms. The molecule has 2 aliphatic rings. The van der Waals surface area contributed by atoms with Crippen LogP contribution in [-0.4, -0.2) is 34.7 Å². The first-order chi connectivity index (χ1) is 5.91. The molecule has 0 aromatic carbocycles. The zero-order chi connectivity index (χ0) is 9.69. The van der Waals surface area contributed by atoms with Gasteiger partial charge in [0, 0.05) is 18.6 Å². The molecule has 1 aliphatic heterocycles. The average molecular weight is 183 g/mol. The third kappa shape index (κ3) is 1.89. The lowest BCUT2D eigenvalue weighted by Crippen LogP contribution is -2.52. The number of likely N-dealkylation sites (tertiary alicyclic amines) is 1. The van der Waals surface area contributed by atoms with Gasteiger partial charge in [-0.25, -0.2) is 0 Å². The van der Waals surface area contributed by atoms with Gasteiger partial charge in [-0.15, -0.1) is 0 Å². The summed E-state index contributed by atoms with van der Waals surface area (Å²) in [4.78, 5) is 2.44. The number of rotatable bonds is 0. The lowest BCUT2D eigenvalue weighted by molar-refractivity contribution is -0.0124. The van der Waals surface area contributed by atoms with Crippen molar-refractivity contribution in [2.75, 3.05) is 13.1 Å². The summed E-state index contributed by atoms with van der Waals surface area (Å²) >= 11 is 0. The van der Waals surface area contributed by atoms with Gasteiger partial charge in [0.25, 0.3) is 0 Å². The van der Waals surface area contributed by atoms with Crippen LogP contribution in [0.3, 0.4) is 0 Å². The molecule has 0 aromatic rings. The lowest BCUT2D eigenvalue weighted by atomic mass is 9.89. The van der Waals surface area contributed by atoms with Crippen LogP contribution in [0.25, 0.3) is 0 Å². The molecule has 1 heterocycles. The zero-order valence-corrected chi connectivity index (χ0v) is 9.01. The van der Waals surface area contributed by atoms with E-state index in [1.165, 1.54) is 19.4 Å². The number of β-amino-alcohol motifs (C(OH)–C–C–N with tert-alkyl or cyclic N) is 1. The van der Waals surface area contributed by atoms with Crippen molar-refractivity contribution >= 4 is 0 Å². The Kier molecular flexibility index (Phi) is 1.97. The molecule has 0 radical (unpaired) electrons. The maximum atomic E-state index is 9.78. The van der Waals surface area contributed by atoms with Crippen molar-refractivity contribution in [2.45, 2.75) is 51.7 Å². The van der Waals surface area contributed by atoms with E-state index in [2.05, 4.69) is 25.7 Å². The molecule has 13 heavy (non-hydrogen) atoms. The van der Waals surface area contributed by atoms with Crippen LogP contribution < -0.4 is 0 Å². The Bertz CT molecular complexity index is 203. The average Bonchev–Trinajstić information content (AvgIpc) is 2.65. The topological polar surface area (TPSA) is 23.5 Å². The minimum atomic E-state index is -0.0875. The Morgan fingerprint density at radius 2 is 1.92 bits per heavy atom. The van der Waals surface area contributed by atoms with Crippen LogP contribution in [-0.2, 0) is 0 Å². The normalized spacial score (nSPS) is 33.7. The number of hydrogen-bond donors (Lipinski definition) is 1. The molecule has 76 valence electrons. The molecular weight excluding hydrogens is 162 g/mol. The summed E-state index contributed by atoms with van der Waals surface area (Å²) in [5, 5.41) is 9.78. The van der Waals surface area contributed by atoms with Crippen molar-refractivity contribution in [3.63, 3.8) is 0 Å². The summed E-state index contributed by atoms with van der Waals surface area (Å²) < 4.78 is 0. The number of nitrogens with zero attached hydrogens (tertiary/aromatic N) is 1. The van der Waals surface area contributed by atoms with E-state index in [9.17, 15) is 5.11 Å². The predicted octanol–water partition coefficient (Wildman–Crippen LogP) is 1.63. The van der Waals surface area contributed by atoms with Gasteiger partial charge in [0.2, 0.25) is 0 Å². The van der Waals surface area contributed by atoms with E-state index in [0.29, 0.717) is 5.41 Å². The van der Waals surface area contributed by atoms with Crippen molar-refractivity contribution in [2.24, 2.45) is 5.41 Å². The van der Waals surface area contributed by atoms with Gasteiger partial charge in [-0.2, -0.15) is 0 Å². The molecule has 1 saturated carbocycles. The molecule has 1 saturated heterocycles. The highest BCUT2D eigenvalue weighted by atomic mass is 16.3. The number of piperidine rings is 1. The zero-order valence-electron chi connectivity index (χ0n) is 9.01. The summed E-state index contributed by atoms with van der Waals surface area (Å²) in [5.41, 5.74) is 0.724. The standard InChI is InChI=1S/C11H21NO/c1-10(2,3)12-7-9(13)6-11(8-12)4-5-11/h9,13H,4-8H2,1-3H3/t9-/m0/s1. The molecule has 2 heteroatoms. The smallest absolute Gasteiger partial charge is 0.0673 e. The monoisotopic (exact) mass is 183 g/mol. The van der Waals surface area contributed by atoms with Crippen molar-refractivity contribution in [3.8, 4) is 0 Å². The van der Waals surface area contributed by atoms with Crippen LogP contribution >= 0.6 is 0 Å². The molecule has 2 fully saturated rings. The fourth-order valence-corrected chi connectivity index (χ4v) is 2.40. The van der Waals surface area contributed by atoms with Crippen LogP contribution in [0.4, 0.5) is 0 Å². The van der Waals surface area contributed by atoms with E-state index in [1.54, 1.807) is 0 Å². The highest BCUT2D eigenvalue weighted by Crippen LogP contribution is 2.52. The Balaban J connectivity index is 2.05. The molecule has 1 atom stereocenters. The Hall–Kier alpha value is -0.0800. The van der Waals surface area contributed by atoms with Gasteiger partial charge in [-0.05, 0) is 45.4 Å². The Labute approximate surface area is 80.9 Å². The third-order valence-electron chi connectivity index (χ3n) is 3.53. The van der Waals surface area contributed by atoms with E-state index < -0.39 is 0 Å². The quantitative estimate of drug-likeness (QED) is 0.617. The molecule has 1 N–H and O–H groups in total. The van der Waals surface area contributed by atoms with Crippen molar-refractivity contribution in [1.82, 2.24) is 4.90 Å². The van der Waals surface area contributed by atoms with Crippen LogP contribution in [0.1, 0.15) is 40.0 Å². The molecule has 0 amide bonds. The summed E-state index contributed by atoms with van der Waals surface area (Å²) in [6, 6.07) is 0. The van der Waals surface area contributed by atoms with E-state index in [1.807, 2.05) is 0 Å². The van der Waals surface area contributed by atoms with Crippen LogP contribution in [0.2, 0.25) is 0 Å². The van der Waals surface area contributed by atoms with Gasteiger partial charge in [-0.1, -0.05) is 0 Å². The molecule has 0 unspecified atom stereocenters. The molecule has 0 bridgehead atoms. The number of hydrogen-bond acceptors (Lipinski definition) is 2. The highest BCUT2D eigenvalue weighted by Gasteiger charge is 2.49. The van der Waals surface area contributed by atoms with Crippen LogP contribution in [0.15, 0.2) is 0 Å². The summed E-state index contributed by atoms with van der Waals surface area (Å²) in [6.45, 7) is 8.78. The molecule has 1 aliphatic carbocycles. The maximum Gasteiger partial charge on any atom is 0.0673 e. The van der Waals surface area contributed by atoms with Gasteiger partial charge in [0.15, 0.2) is 0 Å². The Morgan fingerprint density at radius 1 is 1.31 bits per heavy atom.